The minimum atomic E-state index is -0.615. The van der Waals surface area contributed by atoms with E-state index in [2.05, 4.69) is 5.32 Å². The maximum Gasteiger partial charge on any atom is 0.242 e. The van der Waals surface area contributed by atoms with Crippen molar-refractivity contribution in [3.05, 3.63) is 70.5 Å². The highest BCUT2D eigenvalue weighted by atomic mass is 19.1. The second-order valence-corrected chi connectivity index (χ2v) is 7.21. The molecule has 0 aromatic heterocycles. The molecule has 2 rings (SSSR count). The van der Waals surface area contributed by atoms with Crippen LogP contribution < -0.4 is 5.32 Å². The lowest BCUT2D eigenvalue weighted by Crippen LogP contribution is -2.48. The number of benzene rings is 2. The molecule has 1 unspecified atom stereocenters. The number of amides is 2. The zero-order chi connectivity index (χ0) is 20.7. The third-order valence-electron chi connectivity index (χ3n) is 4.91. The van der Waals surface area contributed by atoms with Crippen LogP contribution in [0.15, 0.2) is 42.5 Å². The molecule has 0 saturated carbocycles. The average molecular weight is 384 g/mol. The van der Waals surface area contributed by atoms with Gasteiger partial charge in [0.1, 0.15) is 11.9 Å². The molecule has 2 aromatic carbocycles. The fraction of sp³-hybridized carbons (Fsp3) is 0.391. The molecular weight excluding hydrogens is 355 g/mol. The van der Waals surface area contributed by atoms with Crippen LogP contribution in [0, 0.1) is 19.7 Å². The van der Waals surface area contributed by atoms with Gasteiger partial charge >= 0.3 is 0 Å². The van der Waals surface area contributed by atoms with Gasteiger partial charge in [-0.1, -0.05) is 37.3 Å². The maximum atomic E-state index is 13.2. The number of carbonyl (C=O) groups is 2. The number of hydrogen-bond donors (Lipinski definition) is 1. The van der Waals surface area contributed by atoms with Crippen molar-refractivity contribution in [2.75, 3.05) is 6.54 Å². The molecule has 1 atom stereocenters. The van der Waals surface area contributed by atoms with Gasteiger partial charge in [-0.3, -0.25) is 9.59 Å². The molecule has 0 bridgehead atoms. The van der Waals surface area contributed by atoms with Gasteiger partial charge in [0.05, 0.1) is 6.42 Å². The second kappa shape index (κ2) is 10.0. The summed E-state index contributed by atoms with van der Waals surface area (Å²) in [6, 6.07) is 11.3. The van der Waals surface area contributed by atoms with Gasteiger partial charge in [0.15, 0.2) is 0 Å². The molecule has 4 nitrogen and oxygen atoms in total. The summed E-state index contributed by atoms with van der Waals surface area (Å²) in [4.78, 5) is 27.1. The van der Waals surface area contributed by atoms with Gasteiger partial charge in [-0.05, 0) is 61.6 Å². The SMILES string of the molecule is CCCNC(=O)C(C)N(Cc1ccc(F)cc1)C(=O)Cc1ccc(C)c(C)c1. The van der Waals surface area contributed by atoms with Crippen LogP contribution in [0.25, 0.3) is 0 Å². The van der Waals surface area contributed by atoms with E-state index >= 15 is 0 Å². The van der Waals surface area contributed by atoms with E-state index in [1.54, 1.807) is 24.0 Å². The van der Waals surface area contributed by atoms with Gasteiger partial charge in [-0.25, -0.2) is 4.39 Å². The lowest BCUT2D eigenvalue weighted by atomic mass is 10.0. The Morgan fingerprint density at radius 2 is 1.68 bits per heavy atom. The number of aryl methyl sites for hydroxylation is 2. The first kappa shape index (κ1) is 21.6. The van der Waals surface area contributed by atoms with Crippen molar-refractivity contribution in [2.24, 2.45) is 0 Å². The summed E-state index contributed by atoms with van der Waals surface area (Å²) in [5.41, 5.74) is 4.00. The first-order valence-corrected chi connectivity index (χ1v) is 9.69. The molecule has 0 aliphatic heterocycles. The number of nitrogens with one attached hydrogen (secondary N) is 1. The molecule has 2 amide bonds. The minimum Gasteiger partial charge on any atom is -0.354 e. The van der Waals surface area contributed by atoms with Crippen molar-refractivity contribution in [2.45, 2.75) is 53.1 Å². The number of hydrogen-bond acceptors (Lipinski definition) is 2. The summed E-state index contributed by atoms with van der Waals surface area (Å²) in [5.74, 6) is -0.644. The van der Waals surface area contributed by atoms with Crippen LogP contribution in [0.4, 0.5) is 4.39 Å². The van der Waals surface area contributed by atoms with E-state index in [0.29, 0.717) is 6.54 Å². The van der Waals surface area contributed by atoms with Gasteiger partial charge in [0, 0.05) is 13.1 Å². The van der Waals surface area contributed by atoms with Crippen LogP contribution in [0.5, 0.6) is 0 Å². The number of halogens is 1. The molecule has 0 heterocycles. The Balaban J connectivity index is 2.21. The molecule has 0 aliphatic carbocycles. The number of nitrogens with zero attached hydrogens (tertiary/aromatic N) is 1. The summed E-state index contributed by atoms with van der Waals surface area (Å²) in [7, 11) is 0. The Morgan fingerprint density at radius 1 is 1.04 bits per heavy atom. The van der Waals surface area contributed by atoms with E-state index in [9.17, 15) is 14.0 Å². The standard InChI is InChI=1S/C23H29FN2O2/c1-5-12-25-23(28)18(4)26(15-19-8-10-21(24)11-9-19)22(27)14-20-7-6-16(2)17(3)13-20/h6-11,13,18H,5,12,14-15H2,1-4H3,(H,25,28). The van der Waals surface area contributed by atoms with Crippen LogP contribution in [0.1, 0.15) is 42.5 Å². The van der Waals surface area contributed by atoms with Crippen molar-refractivity contribution in [3.8, 4) is 0 Å². The van der Waals surface area contributed by atoms with Crippen molar-refractivity contribution >= 4 is 11.8 Å². The number of carbonyl (C=O) groups excluding carboxylic acids is 2. The molecule has 0 aliphatic rings. The molecule has 2 aromatic rings. The molecule has 0 saturated heterocycles. The van der Waals surface area contributed by atoms with Gasteiger partial charge in [0.25, 0.3) is 0 Å². The zero-order valence-electron chi connectivity index (χ0n) is 17.1. The lowest BCUT2D eigenvalue weighted by Gasteiger charge is -2.29. The van der Waals surface area contributed by atoms with Gasteiger partial charge in [-0.15, -0.1) is 0 Å². The third-order valence-corrected chi connectivity index (χ3v) is 4.91. The third kappa shape index (κ3) is 5.91. The first-order valence-electron chi connectivity index (χ1n) is 9.69. The van der Waals surface area contributed by atoms with Crippen molar-refractivity contribution in [3.63, 3.8) is 0 Å². The van der Waals surface area contributed by atoms with Crippen LogP contribution in [0.2, 0.25) is 0 Å². The van der Waals surface area contributed by atoms with E-state index in [0.717, 1.165) is 23.1 Å². The monoisotopic (exact) mass is 384 g/mol. The van der Waals surface area contributed by atoms with Gasteiger partial charge < -0.3 is 10.2 Å². The fourth-order valence-corrected chi connectivity index (χ4v) is 2.95. The Hall–Kier alpha value is -2.69. The summed E-state index contributed by atoms with van der Waals surface area (Å²) in [6.07, 6.45) is 1.04. The molecule has 28 heavy (non-hydrogen) atoms. The van der Waals surface area contributed by atoms with E-state index < -0.39 is 6.04 Å². The lowest BCUT2D eigenvalue weighted by molar-refractivity contribution is -0.140. The highest BCUT2D eigenvalue weighted by Gasteiger charge is 2.26. The summed E-state index contributed by atoms with van der Waals surface area (Å²) in [6.45, 7) is 8.57. The predicted octanol–water partition coefficient (Wildman–Crippen LogP) is 3.93. The normalized spacial score (nSPS) is 11.8. The summed E-state index contributed by atoms with van der Waals surface area (Å²) >= 11 is 0. The van der Waals surface area contributed by atoms with E-state index in [1.165, 1.54) is 17.7 Å². The molecule has 150 valence electrons. The topological polar surface area (TPSA) is 49.4 Å². The van der Waals surface area contributed by atoms with Crippen LogP contribution in [-0.4, -0.2) is 29.3 Å². The van der Waals surface area contributed by atoms with E-state index in [4.69, 9.17) is 0 Å². The van der Waals surface area contributed by atoms with Gasteiger partial charge in [0.2, 0.25) is 11.8 Å². The quantitative estimate of drug-likeness (QED) is 0.750. The van der Waals surface area contributed by atoms with E-state index in [1.807, 2.05) is 39.0 Å². The first-order chi connectivity index (χ1) is 13.3. The molecule has 1 N–H and O–H groups in total. The predicted molar refractivity (Wildman–Crippen MR) is 109 cm³/mol. The fourth-order valence-electron chi connectivity index (χ4n) is 2.95. The van der Waals surface area contributed by atoms with Crippen LogP contribution >= 0.6 is 0 Å². The Labute approximate surface area is 166 Å². The van der Waals surface area contributed by atoms with Crippen molar-refractivity contribution < 1.29 is 14.0 Å². The second-order valence-electron chi connectivity index (χ2n) is 7.21. The van der Waals surface area contributed by atoms with Gasteiger partial charge in [-0.2, -0.15) is 0 Å². The molecule has 5 heteroatoms. The molecular formula is C23H29FN2O2. The Kier molecular flexibility index (Phi) is 7.73. The number of rotatable bonds is 8. The molecule has 0 radical (unpaired) electrons. The molecule has 0 fully saturated rings. The van der Waals surface area contributed by atoms with Crippen LogP contribution in [0.3, 0.4) is 0 Å². The highest BCUT2D eigenvalue weighted by molar-refractivity contribution is 5.88. The van der Waals surface area contributed by atoms with Crippen molar-refractivity contribution in [1.29, 1.82) is 0 Å². The maximum absolute atomic E-state index is 13.2. The average Bonchev–Trinajstić information content (AvgIpc) is 2.67. The molecule has 0 spiro atoms. The smallest absolute Gasteiger partial charge is 0.242 e. The zero-order valence-corrected chi connectivity index (χ0v) is 17.1. The summed E-state index contributed by atoms with van der Waals surface area (Å²) < 4.78 is 13.2. The highest BCUT2D eigenvalue weighted by Crippen LogP contribution is 2.15. The summed E-state index contributed by atoms with van der Waals surface area (Å²) in [5, 5.41) is 2.85. The van der Waals surface area contributed by atoms with E-state index in [-0.39, 0.29) is 30.6 Å². The Morgan fingerprint density at radius 3 is 2.29 bits per heavy atom. The minimum absolute atomic E-state index is 0.133. The van der Waals surface area contributed by atoms with Crippen LogP contribution in [-0.2, 0) is 22.6 Å². The Bertz CT molecular complexity index is 818. The largest absolute Gasteiger partial charge is 0.354 e. The van der Waals surface area contributed by atoms with Crippen molar-refractivity contribution in [1.82, 2.24) is 10.2 Å².